The second-order valence-corrected chi connectivity index (χ2v) is 2.35. The lowest BCUT2D eigenvalue weighted by molar-refractivity contribution is 0.625. The molecule has 0 aliphatic carbocycles. The quantitative estimate of drug-likeness (QED) is 0.348. The van der Waals surface area contributed by atoms with E-state index in [1.54, 1.807) is 0 Å². The topological polar surface area (TPSA) is 12.4 Å². The zero-order chi connectivity index (χ0) is 10.1. The Labute approximate surface area is 74.7 Å². The number of allylic oxidation sites excluding steroid dienone is 2. The molecular formula is C10H18FN. The molecule has 0 amide bonds. The van der Waals surface area contributed by atoms with Crippen molar-refractivity contribution in [2.45, 2.75) is 27.7 Å². The molecule has 0 aliphatic heterocycles. The van der Waals surface area contributed by atoms with Gasteiger partial charge < -0.3 is 0 Å². The summed E-state index contributed by atoms with van der Waals surface area (Å²) in [6.45, 7) is 14.6. The molecule has 0 unspecified atom stereocenters. The highest BCUT2D eigenvalue weighted by Crippen LogP contribution is 2.11. The smallest absolute Gasteiger partial charge is 0.212 e. The standard InChI is InChI=1S/C8H12FN.C2H6/c1-6(2)7(3)5-8(9)10-4;1-2/h5-6H,3-4H2,1-2H3;1-2H3/b8-5-;. The molecule has 0 spiro atoms. The molecule has 0 atom stereocenters. The molecule has 70 valence electrons. The normalized spacial score (nSPS) is 10.3. The Morgan fingerprint density at radius 1 is 1.42 bits per heavy atom. The lowest BCUT2D eigenvalue weighted by Gasteiger charge is -2.01. The van der Waals surface area contributed by atoms with Crippen molar-refractivity contribution in [3.63, 3.8) is 0 Å². The Balaban J connectivity index is 0. The van der Waals surface area contributed by atoms with Crippen LogP contribution in [0.4, 0.5) is 4.39 Å². The molecule has 0 fully saturated rings. The number of hydrogen-bond acceptors (Lipinski definition) is 1. The monoisotopic (exact) mass is 171 g/mol. The first-order valence-electron chi connectivity index (χ1n) is 4.10. The maximum absolute atomic E-state index is 12.3. The fraction of sp³-hybridized carbons (Fsp3) is 0.500. The highest BCUT2D eigenvalue weighted by atomic mass is 19.1. The lowest BCUT2D eigenvalue weighted by Crippen LogP contribution is -1.87. The van der Waals surface area contributed by atoms with Gasteiger partial charge in [0.1, 0.15) is 0 Å². The molecule has 0 heterocycles. The van der Waals surface area contributed by atoms with Crippen molar-refractivity contribution in [3.8, 4) is 0 Å². The average Bonchev–Trinajstić information content (AvgIpc) is 2.07. The summed E-state index contributed by atoms with van der Waals surface area (Å²) in [6, 6.07) is 0. The van der Waals surface area contributed by atoms with Crippen LogP contribution in [0.3, 0.4) is 0 Å². The number of halogens is 1. The average molecular weight is 171 g/mol. The van der Waals surface area contributed by atoms with Gasteiger partial charge in [0.15, 0.2) is 0 Å². The third-order valence-corrected chi connectivity index (χ3v) is 1.20. The Hall–Kier alpha value is -0.920. The first-order valence-corrected chi connectivity index (χ1v) is 4.10. The van der Waals surface area contributed by atoms with Crippen LogP contribution in [-0.4, -0.2) is 6.72 Å². The van der Waals surface area contributed by atoms with Gasteiger partial charge in [-0.3, -0.25) is 0 Å². The van der Waals surface area contributed by atoms with Gasteiger partial charge in [0, 0.05) is 0 Å². The summed E-state index contributed by atoms with van der Waals surface area (Å²) in [6.07, 6.45) is 1.29. The molecule has 0 aromatic rings. The molecule has 12 heavy (non-hydrogen) atoms. The maximum atomic E-state index is 12.3. The highest BCUT2D eigenvalue weighted by Gasteiger charge is 1.97. The number of rotatable bonds is 3. The third-order valence-electron chi connectivity index (χ3n) is 1.20. The maximum Gasteiger partial charge on any atom is 0.212 e. The summed E-state index contributed by atoms with van der Waals surface area (Å²) < 4.78 is 12.3. The van der Waals surface area contributed by atoms with E-state index in [0.29, 0.717) is 0 Å². The Morgan fingerprint density at radius 2 is 1.83 bits per heavy atom. The van der Waals surface area contributed by atoms with Crippen LogP contribution in [0.1, 0.15) is 27.7 Å². The van der Waals surface area contributed by atoms with Gasteiger partial charge in [0.25, 0.3) is 0 Å². The highest BCUT2D eigenvalue weighted by molar-refractivity contribution is 5.29. The predicted molar refractivity (Wildman–Crippen MR) is 54.1 cm³/mol. The Bertz CT molecular complexity index is 169. The van der Waals surface area contributed by atoms with Crippen LogP contribution >= 0.6 is 0 Å². The van der Waals surface area contributed by atoms with Gasteiger partial charge in [-0.1, -0.05) is 34.3 Å². The number of nitrogens with zero attached hydrogens (tertiary/aromatic N) is 1. The van der Waals surface area contributed by atoms with Crippen LogP contribution in [0.2, 0.25) is 0 Å². The summed E-state index contributed by atoms with van der Waals surface area (Å²) in [7, 11) is 0. The molecule has 0 N–H and O–H groups in total. The van der Waals surface area contributed by atoms with Crippen molar-refractivity contribution in [3.05, 3.63) is 24.2 Å². The summed E-state index contributed by atoms with van der Waals surface area (Å²) in [5, 5.41) is 0. The first-order chi connectivity index (χ1) is 5.57. The van der Waals surface area contributed by atoms with Crippen LogP contribution < -0.4 is 0 Å². The van der Waals surface area contributed by atoms with Gasteiger partial charge in [0.2, 0.25) is 5.95 Å². The number of aliphatic imine (C=N–C) groups is 1. The van der Waals surface area contributed by atoms with Crippen molar-refractivity contribution in [2.24, 2.45) is 10.9 Å². The lowest BCUT2D eigenvalue weighted by atomic mass is 10.1. The summed E-state index contributed by atoms with van der Waals surface area (Å²) >= 11 is 0. The fourth-order valence-electron chi connectivity index (χ4n) is 0.365. The molecule has 0 radical (unpaired) electrons. The fourth-order valence-corrected chi connectivity index (χ4v) is 0.365. The molecular weight excluding hydrogens is 153 g/mol. The first kappa shape index (κ1) is 13.7. The predicted octanol–water partition coefficient (Wildman–Crippen LogP) is 3.74. The van der Waals surface area contributed by atoms with Crippen molar-refractivity contribution in [1.82, 2.24) is 0 Å². The van der Waals surface area contributed by atoms with Gasteiger partial charge in [0.05, 0.1) is 0 Å². The van der Waals surface area contributed by atoms with E-state index in [9.17, 15) is 4.39 Å². The van der Waals surface area contributed by atoms with E-state index in [2.05, 4.69) is 18.3 Å². The molecule has 0 saturated carbocycles. The van der Waals surface area contributed by atoms with Crippen molar-refractivity contribution in [2.75, 3.05) is 0 Å². The van der Waals surface area contributed by atoms with E-state index < -0.39 is 5.95 Å². The number of hydrogen-bond donors (Lipinski definition) is 0. The van der Waals surface area contributed by atoms with E-state index >= 15 is 0 Å². The van der Waals surface area contributed by atoms with Gasteiger partial charge in [-0.15, -0.1) is 0 Å². The van der Waals surface area contributed by atoms with Gasteiger partial charge in [-0.2, -0.15) is 4.39 Å². The molecule has 0 bridgehead atoms. The van der Waals surface area contributed by atoms with Gasteiger partial charge >= 0.3 is 0 Å². The van der Waals surface area contributed by atoms with Crippen molar-refractivity contribution < 1.29 is 4.39 Å². The molecule has 0 aromatic carbocycles. The SMILES string of the molecule is C=N/C(F)=C\C(=C)C(C)C.CC. The summed E-state index contributed by atoms with van der Waals surface area (Å²) in [5.41, 5.74) is 0.727. The zero-order valence-electron chi connectivity index (χ0n) is 8.39. The van der Waals surface area contributed by atoms with Gasteiger partial charge in [-0.05, 0) is 24.3 Å². The summed E-state index contributed by atoms with van der Waals surface area (Å²) in [4.78, 5) is 3.09. The molecule has 1 nitrogen and oxygen atoms in total. The van der Waals surface area contributed by atoms with E-state index in [4.69, 9.17) is 0 Å². The largest absolute Gasteiger partial charge is 0.236 e. The Kier molecular flexibility index (Phi) is 9.31. The second-order valence-electron chi connectivity index (χ2n) is 2.35. The van der Waals surface area contributed by atoms with Crippen LogP contribution in [0.15, 0.2) is 29.2 Å². The van der Waals surface area contributed by atoms with E-state index in [1.807, 2.05) is 27.7 Å². The molecule has 0 saturated heterocycles. The van der Waals surface area contributed by atoms with Gasteiger partial charge in [-0.25, -0.2) is 4.99 Å². The van der Waals surface area contributed by atoms with Crippen LogP contribution in [0.25, 0.3) is 0 Å². The summed E-state index contributed by atoms with van der Waals surface area (Å²) in [5.74, 6) is -0.314. The van der Waals surface area contributed by atoms with Crippen LogP contribution in [0, 0.1) is 5.92 Å². The van der Waals surface area contributed by atoms with E-state index in [-0.39, 0.29) is 5.92 Å². The molecule has 0 aliphatic rings. The van der Waals surface area contributed by atoms with Crippen LogP contribution in [0.5, 0.6) is 0 Å². The van der Waals surface area contributed by atoms with Crippen molar-refractivity contribution in [1.29, 1.82) is 0 Å². The second kappa shape index (κ2) is 8.18. The third kappa shape index (κ3) is 7.19. The minimum absolute atomic E-state index is 0.257. The minimum Gasteiger partial charge on any atom is -0.236 e. The van der Waals surface area contributed by atoms with Crippen molar-refractivity contribution >= 4 is 6.72 Å². The minimum atomic E-state index is -0.571. The van der Waals surface area contributed by atoms with E-state index in [1.165, 1.54) is 6.08 Å². The van der Waals surface area contributed by atoms with Crippen LogP contribution in [-0.2, 0) is 0 Å². The Morgan fingerprint density at radius 3 is 2.08 bits per heavy atom. The molecule has 0 rings (SSSR count). The van der Waals surface area contributed by atoms with E-state index in [0.717, 1.165) is 5.57 Å². The molecule has 0 aromatic heterocycles. The zero-order valence-corrected chi connectivity index (χ0v) is 8.39. The molecule has 2 heteroatoms.